The van der Waals surface area contributed by atoms with Crippen LogP contribution in [0.4, 0.5) is 5.69 Å². The second-order valence-corrected chi connectivity index (χ2v) is 7.23. The fourth-order valence-electron chi connectivity index (χ4n) is 2.56. The van der Waals surface area contributed by atoms with Gasteiger partial charge in [0.1, 0.15) is 5.75 Å². The monoisotopic (exact) mass is 382 g/mol. The van der Waals surface area contributed by atoms with Crippen LogP contribution in [0.2, 0.25) is 0 Å². The van der Waals surface area contributed by atoms with Gasteiger partial charge >= 0.3 is 5.97 Å². The van der Waals surface area contributed by atoms with Gasteiger partial charge in [-0.25, -0.2) is 9.79 Å². The summed E-state index contributed by atoms with van der Waals surface area (Å²) in [6, 6.07) is 12.8. The highest BCUT2D eigenvalue weighted by atomic mass is 32.2. The molecule has 2 N–H and O–H groups in total. The van der Waals surface area contributed by atoms with E-state index in [1.165, 1.54) is 23.9 Å². The smallest absolute Gasteiger partial charge is 0.335 e. The van der Waals surface area contributed by atoms with Crippen molar-refractivity contribution in [2.75, 3.05) is 0 Å². The van der Waals surface area contributed by atoms with E-state index in [1.54, 1.807) is 47.4 Å². The molecule has 0 unspecified atom stereocenters. The molecule has 27 heavy (non-hydrogen) atoms. The van der Waals surface area contributed by atoms with Crippen LogP contribution >= 0.6 is 11.8 Å². The van der Waals surface area contributed by atoms with Crippen LogP contribution in [0.3, 0.4) is 0 Å². The number of phenolic OH excluding ortho intramolecular Hbond substituents is 1. The topological polar surface area (TPSA) is 90.2 Å². The zero-order valence-corrected chi connectivity index (χ0v) is 15.6. The first-order valence-electron chi connectivity index (χ1n) is 8.29. The van der Waals surface area contributed by atoms with Gasteiger partial charge in [0.2, 0.25) is 0 Å². The number of aromatic carboxylic acids is 1. The molecule has 1 aliphatic heterocycles. The first-order valence-corrected chi connectivity index (χ1v) is 9.11. The van der Waals surface area contributed by atoms with Gasteiger partial charge in [-0.2, -0.15) is 0 Å². The number of phenols is 1. The van der Waals surface area contributed by atoms with Gasteiger partial charge in [-0.15, -0.1) is 0 Å². The molecule has 6 nitrogen and oxygen atoms in total. The van der Waals surface area contributed by atoms with Crippen LogP contribution < -0.4 is 0 Å². The number of carboxylic acid groups (broad SMARTS) is 1. The third-order valence-electron chi connectivity index (χ3n) is 3.86. The number of carbonyl (C=O) groups is 2. The van der Waals surface area contributed by atoms with Gasteiger partial charge in [0.25, 0.3) is 5.91 Å². The SMILES string of the molecule is CC(C)N1C(=O)/C(=C/c2ccc(O)cc2)SC1=Nc1cccc(C(=O)O)c1. The average Bonchev–Trinajstić information content (AvgIpc) is 2.92. The van der Waals surface area contributed by atoms with Gasteiger partial charge in [0.05, 0.1) is 16.2 Å². The lowest BCUT2D eigenvalue weighted by Crippen LogP contribution is -2.35. The highest BCUT2D eigenvalue weighted by molar-refractivity contribution is 8.18. The molecule has 0 spiro atoms. The molecule has 1 heterocycles. The molecular formula is C20H18N2O4S. The van der Waals surface area contributed by atoms with Gasteiger partial charge in [-0.3, -0.25) is 9.69 Å². The van der Waals surface area contributed by atoms with E-state index in [-0.39, 0.29) is 23.3 Å². The number of nitrogens with zero attached hydrogens (tertiary/aromatic N) is 2. The Bertz CT molecular complexity index is 949. The maximum Gasteiger partial charge on any atom is 0.335 e. The molecule has 1 fully saturated rings. The van der Waals surface area contributed by atoms with Crippen molar-refractivity contribution >= 4 is 40.6 Å². The standard InChI is InChI=1S/C20H18N2O4S/c1-12(2)22-18(24)17(10-13-6-8-16(23)9-7-13)27-20(22)21-15-5-3-4-14(11-15)19(25)26/h3-12,23H,1-2H3,(H,25,26)/b17-10-,21-20?. The molecule has 7 heteroatoms. The number of hydrogen-bond acceptors (Lipinski definition) is 5. The lowest BCUT2D eigenvalue weighted by molar-refractivity contribution is -0.123. The van der Waals surface area contributed by atoms with E-state index < -0.39 is 5.97 Å². The molecule has 0 atom stereocenters. The van der Waals surface area contributed by atoms with Gasteiger partial charge in [-0.1, -0.05) is 18.2 Å². The number of benzene rings is 2. The van der Waals surface area contributed by atoms with Crippen LogP contribution in [0.1, 0.15) is 29.8 Å². The Morgan fingerprint density at radius 1 is 1.19 bits per heavy atom. The van der Waals surface area contributed by atoms with E-state index in [0.717, 1.165) is 5.56 Å². The largest absolute Gasteiger partial charge is 0.508 e. The third-order valence-corrected chi connectivity index (χ3v) is 4.84. The number of aliphatic imine (C=N–C) groups is 1. The van der Waals surface area contributed by atoms with E-state index in [4.69, 9.17) is 5.11 Å². The van der Waals surface area contributed by atoms with Crippen molar-refractivity contribution in [3.8, 4) is 5.75 Å². The van der Waals surface area contributed by atoms with Crippen LogP contribution in [0.5, 0.6) is 5.75 Å². The molecule has 0 saturated carbocycles. The molecule has 1 aliphatic rings. The van der Waals surface area contributed by atoms with E-state index in [9.17, 15) is 14.7 Å². The zero-order valence-electron chi connectivity index (χ0n) is 14.8. The van der Waals surface area contributed by atoms with Gasteiger partial charge in [-0.05, 0) is 67.6 Å². The summed E-state index contributed by atoms with van der Waals surface area (Å²) in [4.78, 5) is 30.6. The molecule has 0 radical (unpaired) electrons. The van der Waals surface area contributed by atoms with E-state index >= 15 is 0 Å². The summed E-state index contributed by atoms with van der Waals surface area (Å²) >= 11 is 1.24. The molecule has 1 saturated heterocycles. The lowest BCUT2D eigenvalue weighted by atomic mass is 10.2. The summed E-state index contributed by atoms with van der Waals surface area (Å²) in [5.74, 6) is -1.02. The summed E-state index contributed by atoms with van der Waals surface area (Å²) in [7, 11) is 0. The van der Waals surface area contributed by atoms with Crippen LogP contribution in [-0.2, 0) is 4.79 Å². The van der Waals surface area contributed by atoms with Crippen molar-refractivity contribution < 1.29 is 19.8 Å². The van der Waals surface area contributed by atoms with Crippen LogP contribution in [0.15, 0.2) is 58.4 Å². The molecule has 2 aromatic rings. The van der Waals surface area contributed by atoms with Crippen LogP contribution in [-0.4, -0.2) is 38.2 Å². The first-order chi connectivity index (χ1) is 12.8. The summed E-state index contributed by atoms with van der Waals surface area (Å²) in [5, 5.41) is 19.0. The van der Waals surface area contributed by atoms with Crippen molar-refractivity contribution in [3.63, 3.8) is 0 Å². The van der Waals surface area contributed by atoms with Crippen molar-refractivity contribution in [2.45, 2.75) is 19.9 Å². The maximum absolute atomic E-state index is 12.8. The molecule has 138 valence electrons. The lowest BCUT2D eigenvalue weighted by Gasteiger charge is -2.19. The van der Waals surface area contributed by atoms with Crippen LogP contribution in [0, 0.1) is 0 Å². The highest BCUT2D eigenvalue weighted by Gasteiger charge is 2.35. The number of amides is 1. The molecule has 0 aromatic heterocycles. The summed E-state index contributed by atoms with van der Waals surface area (Å²) < 4.78 is 0. The normalized spacial score (nSPS) is 17.3. The number of carbonyl (C=O) groups excluding carboxylic acids is 1. The Balaban J connectivity index is 1.97. The second-order valence-electron chi connectivity index (χ2n) is 6.22. The number of thioether (sulfide) groups is 1. The van der Waals surface area contributed by atoms with Crippen molar-refractivity contribution in [1.82, 2.24) is 4.90 Å². The Morgan fingerprint density at radius 3 is 2.52 bits per heavy atom. The number of carboxylic acids is 1. The number of aromatic hydroxyl groups is 1. The Morgan fingerprint density at radius 2 is 1.89 bits per heavy atom. The Labute approximate surface area is 160 Å². The first kappa shape index (κ1) is 18.7. The molecule has 3 rings (SSSR count). The fourth-order valence-corrected chi connectivity index (χ4v) is 3.68. The number of amidine groups is 1. The summed E-state index contributed by atoms with van der Waals surface area (Å²) in [6.07, 6.45) is 1.75. The van der Waals surface area contributed by atoms with Crippen LogP contribution in [0.25, 0.3) is 6.08 Å². The molecular weight excluding hydrogens is 364 g/mol. The number of hydrogen-bond donors (Lipinski definition) is 2. The molecule has 0 aliphatic carbocycles. The summed E-state index contributed by atoms with van der Waals surface area (Å²) in [6.45, 7) is 3.79. The minimum absolute atomic E-state index is 0.0999. The second kappa shape index (κ2) is 7.67. The molecule has 2 aromatic carbocycles. The van der Waals surface area contributed by atoms with E-state index in [2.05, 4.69) is 4.99 Å². The quantitative estimate of drug-likeness (QED) is 0.777. The third kappa shape index (κ3) is 4.20. The van der Waals surface area contributed by atoms with E-state index in [1.807, 2.05) is 13.8 Å². The predicted octanol–water partition coefficient (Wildman–Crippen LogP) is 4.10. The van der Waals surface area contributed by atoms with E-state index in [0.29, 0.717) is 15.8 Å². The molecule has 1 amide bonds. The van der Waals surface area contributed by atoms with Crippen molar-refractivity contribution in [1.29, 1.82) is 0 Å². The predicted molar refractivity (Wildman–Crippen MR) is 106 cm³/mol. The van der Waals surface area contributed by atoms with Gasteiger partial charge in [0, 0.05) is 6.04 Å². The van der Waals surface area contributed by atoms with Gasteiger partial charge < -0.3 is 10.2 Å². The summed E-state index contributed by atoms with van der Waals surface area (Å²) in [5.41, 5.74) is 1.41. The zero-order chi connectivity index (χ0) is 19.6. The number of rotatable bonds is 4. The fraction of sp³-hybridized carbons (Fsp3) is 0.150. The minimum Gasteiger partial charge on any atom is -0.508 e. The Kier molecular flexibility index (Phi) is 5.32. The van der Waals surface area contributed by atoms with Crippen molar-refractivity contribution in [3.05, 3.63) is 64.6 Å². The average molecular weight is 382 g/mol. The van der Waals surface area contributed by atoms with Gasteiger partial charge in [0.15, 0.2) is 5.17 Å². The Hall–Kier alpha value is -3.06. The minimum atomic E-state index is -1.03. The maximum atomic E-state index is 12.8. The van der Waals surface area contributed by atoms with Crippen molar-refractivity contribution in [2.24, 2.45) is 4.99 Å². The highest BCUT2D eigenvalue weighted by Crippen LogP contribution is 2.35. The molecule has 0 bridgehead atoms.